The molecule has 0 aliphatic rings. The maximum atomic E-state index is 10.1. The zero-order chi connectivity index (χ0) is 17.0. The Morgan fingerprint density at radius 1 is 0.696 bits per heavy atom. The van der Waals surface area contributed by atoms with E-state index in [4.69, 9.17) is 0 Å². The quantitative estimate of drug-likeness (QED) is 0.151. The minimum atomic E-state index is -0.238. The maximum absolute atomic E-state index is 10.1. The molecule has 0 saturated heterocycles. The molecular weight excluding hydrogens is 286 g/mol. The second-order valence-electron chi connectivity index (χ2n) is 5.64. The van der Waals surface area contributed by atoms with Gasteiger partial charge in [-0.1, -0.05) is 68.4 Å². The second-order valence-corrected chi connectivity index (χ2v) is 5.64. The van der Waals surface area contributed by atoms with Crippen LogP contribution in [0.2, 0.25) is 0 Å². The van der Waals surface area contributed by atoms with Crippen molar-refractivity contribution in [3.8, 4) is 0 Å². The summed E-state index contributed by atoms with van der Waals surface area (Å²) in [6.07, 6.45) is 28.1. The molecule has 0 heterocycles. The Morgan fingerprint density at radius 3 is 1.65 bits per heavy atom. The lowest BCUT2D eigenvalue weighted by Crippen LogP contribution is -1.99. The first kappa shape index (κ1) is 21.4. The molecule has 23 heavy (non-hydrogen) atoms. The van der Waals surface area contributed by atoms with E-state index < -0.39 is 0 Å². The van der Waals surface area contributed by atoms with Gasteiger partial charge in [0.05, 0.1) is 0 Å². The Morgan fingerprint density at radius 2 is 1.17 bits per heavy atom. The maximum Gasteiger partial charge on any atom is 0.203 e. The molecule has 0 amide bonds. The van der Waals surface area contributed by atoms with Gasteiger partial charge in [0.2, 0.25) is 6.54 Å². The molecule has 3 heteroatoms. The van der Waals surface area contributed by atoms with Crippen molar-refractivity contribution in [1.82, 2.24) is 0 Å². The topological polar surface area (TPSA) is 43.1 Å². The highest BCUT2D eigenvalue weighted by Gasteiger charge is 1.94. The Kier molecular flexibility index (Phi) is 17.1. The molecular formula is C20H33NO2. The summed E-state index contributed by atoms with van der Waals surface area (Å²) in [5, 5.41) is 10.1. The normalized spacial score (nSPS) is 12.4. The molecule has 0 N–H and O–H groups in total. The average molecular weight is 319 g/mol. The number of nitrogens with zero attached hydrogens (tertiary/aromatic N) is 1. The molecule has 3 nitrogen and oxygen atoms in total. The van der Waals surface area contributed by atoms with Crippen molar-refractivity contribution in [2.24, 2.45) is 0 Å². The van der Waals surface area contributed by atoms with Gasteiger partial charge in [-0.2, -0.15) is 0 Å². The fraction of sp³-hybridized carbons (Fsp3) is 0.600. The van der Waals surface area contributed by atoms with Crippen LogP contribution in [0.4, 0.5) is 0 Å². The van der Waals surface area contributed by atoms with Gasteiger partial charge in [-0.05, 0) is 44.9 Å². The van der Waals surface area contributed by atoms with Gasteiger partial charge in [0.15, 0.2) is 0 Å². The summed E-state index contributed by atoms with van der Waals surface area (Å²) in [4.78, 5) is 9.91. The van der Waals surface area contributed by atoms with Crippen LogP contribution in [0.5, 0.6) is 0 Å². The van der Waals surface area contributed by atoms with Gasteiger partial charge >= 0.3 is 0 Å². The van der Waals surface area contributed by atoms with Crippen molar-refractivity contribution < 1.29 is 4.92 Å². The summed E-state index contributed by atoms with van der Waals surface area (Å²) in [6.45, 7) is 2.32. The van der Waals surface area contributed by atoms with E-state index in [1.165, 1.54) is 19.3 Å². The van der Waals surface area contributed by atoms with Gasteiger partial charge in [0, 0.05) is 11.3 Å². The summed E-state index contributed by atoms with van der Waals surface area (Å²) >= 11 is 0. The Labute approximate surface area is 142 Å². The van der Waals surface area contributed by atoms with Gasteiger partial charge in [-0.3, -0.25) is 10.1 Å². The predicted molar refractivity (Wildman–Crippen MR) is 100 cm³/mol. The van der Waals surface area contributed by atoms with Crippen molar-refractivity contribution >= 4 is 0 Å². The van der Waals surface area contributed by atoms with Crippen molar-refractivity contribution in [3.05, 3.63) is 58.7 Å². The Hall–Kier alpha value is -1.64. The Balaban J connectivity index is 3.37. The van der Waals surface area contributed by atoms with Crippen LogP contribution in [0.3, 0.4) is 0 Å². The summed E-state index contributed by atoms with van der Waals surface area (Å²) in [7, 11) is 0. The van der Waals surface area contributed by atoms with Crippen molar-refractivity contribution in [1.29, 1.82) is 0 Å². The molecule has 0 aromatic carbocycles. The number of unbranched alkanes of at least 4 members (excludes halogenated alkanes) is 5. The van der Waals surface area contributed by atoms with Crippen LogP contribution >= 0.6 is 0 Å². The molecule has 0 aliphatic heterocycles. The summed E-state index contributed by atoms with van der Waals surface area (Å²) in [5.41, 5.74) is 0. The van der Waals surface area contributed by atoms with Crippen molar-refractivity contribution in [2.45, 2.75) is 71.1 Å². The molecule has 0 bridgehead atoms. The molecule has 0 atom stereocenters. The largest absolute Gasteiger partial charge is 0.265 e. The monoisotopic (exact) mass is 319 g/mol. The highest BCUT2D eigenvalue weighted by atomic mass is 16.6. The van der Waals surface area contributed by atoms with E-state index >= 15 is 0 Å². The summed E-state index contributed by atoms with van der Waals surface area (Å²) < 4.78 is 0. The summed E-state index contributed by atoms with van der Waals surface area (Å²) in [5.74, 6) is 0. The highest BCUT2D eigenvalue weighted by Crippen LogP contribution is 2.02. The van der Waals surface area contributed by atoms with Gasteiger partial charge < -0.3 is 0 Å². The highest BCUT2D eigenvalue weighted by molar-refractivity contribution is 4.99. The number of hydrogen-bond donors (Lipinski definition) is 0. The minimum Gasteiger partial charge on any atom is -0.265 e. The molecule has 0 aliphatic carbocycles. The van der Waals surface area contributed by atoms with Crippen LogP contribution in [0.25, 0.3) is 0 Å². The molecule has 130 valence electrons. The lowest BCUT2D eigenvalue weighted by Gasteiger charge is -1.93. The van der Waals surface area contributed by atoms with Crippen LogP contribution in [-0.4, -0.2) is 11.5 Å². The molecule has 0 aromatic rings. The first-order valence-electron chi connectivity index (χ1n) is 8.99. The van der Waals surface area contributed by atoms with Crippen molar-refractivity contribution in [2.75, 3.05) is 6.54 Å². The molecule has 0 rings (SSSR count). The fourth-order valence-electron chi connectivity index (χ4n) is 2.05. The first-order valence-corrected chi connectivity index (χ1v) is 8.99. The standard InChI is InChI=1S/C20H33NO2/c1-2-3-4-5-6-7-8-9-10-11-12-13-14-15-16-17-18-19-20-21(22)23/h5-6,8-9,11-12,14-15H,2-4,7,10,13,16-20H2,1H3. The van der Waals surface area contributed by atoms with Crippen LogP contribution in [0, 0.1) is 10.1 Å². The van der Waals surface area contributed by atoms with Crippen LogP contribution in [0.1, 0.15) is 71.1 Å². The first-order chi connectivity index (χ1) is 11.3. The van der Waals surface area contributed by atoms with Crippen LogP contribution < -0.4 is 0 Å². The summed E-state index contributed by atoms with van der Waals surface area (Å²) in [6, 6.07) is 0. The van der Waals surface area contributed by atoms with E-state index in [0.29, 0.717) is 6.42 Å². The van der Waals surface area contributed by atoms with E-state index in [1.54, 1.807) is 0 Å². The molecule has 0 unspecified atom stereocenters. The Bertz CT molecular complexity index is 381. The number of hydrogen-bond acceptors (Lipinski definition) is 2. The number of allylic oxidation sites excluding steroid dienone is 8. The SMILES string of the molecule is CCCCC=CCC=CCC=CCC=CCCCCC[N+](=O)[O-]. The van der Waals surface area contributed by atoms with E-state index in [0.717, 1.165) is 38.5 Å². The van der Waals surface area contributed by atoms with Crippen molar-refractivity contribution in [3.63, 3.8) is 0 Å². The third-order valence-electron chi connectivity index (χ3n) is 3.42. The fourth-order valence-corrected chi connectivity index (χ4v) is 2.05. The van der Waals surface area contributed by atoms with E-state index in [2.05, 4.69) is 55.5 Å². The lowest BCUT2D eigenvalue weighted by atomic mass is 10.2. The van der Waals surface area contributed by atoms with Gasteiger partial charge in [0.1, 0.15) is 0 Å². The smallest absolute Gasteiger partial charge is 0.203 e. The van der Waals surface area contributed by atoms with E-state index in [1.807, 2.05) is 0 Å². The average Bonchev–Trinajstić information content (AvgIpc) is 2.53. The van der Waals surface area contributed by atoms with Gasteiger partial charge in [-0.25, -0.2) is 0 Å². The third-order valence-corrected chi connectivity index (χ3v) is 3.42. The van der Waals surface area contributed by atoms with Crippen LogP contribution in [-0.2, 0) is 0 Å². The second kappa shape index (κ2) is 18.4. The molecule has 0 aromatic heterocycles. The number of rotatable bonds is 15. The predicted octanol–water partition coefficient (Wildman–Crippen LogP) is 6.41. The van der Waals surface area contributed by atoms with E-state index in [9.17, 15) is 10.1 Å². The number of nitro groups is 1. The molecule has 0 spiro atoms. The minimum absolute atomic E-state index is 0.106. The molecule has 0 saturated carbocycles. The van der Waals surface area contributed by atoms with Crippen LogP contribution in [0.15, 0.2) is 48.6 Å². The lowest BCUT2D eigenvalue weighted by molar-refractivity contribution is -0.480. The molecule has 0 radical (unpaired) electrons. The van der Waals surface area contributed by atoms with Gasteiger partial charge in [0.25, 0.3) is 0 Å². The third kappa shape index (κ3) is 20.4. The molecule has 0 fully saturated rings. The zero-order valence-corrected chi connectivity index (χ0v) is 14.7. The zero-order valence-electron chi connectivity index (χ0n) is 14.7. The van der Waals surface area contributed by atoms with E-state index in [-0.39, 0.29) is 11.5 Å². The van der Waals surface area contributed by atoms with Gasteiger partial charge in [-0.15, -0.1) is 0 Å².